The van der Waals surface area contributed by atoms with Crippen LogP contribution in [0.1, 0.15) is 29.5 Å². The number of piperazine rings is 1. The molecule has 1 aromatic carbocycles. The molecule has 160 valence electrons. The largest absolute Gasteiger partial charge is 0.441 e. The van der Waals surface area contributed by atoms with Crippen LogP contribution in [0.4, 0.5) is 0 Å². The van der Waals surface area contributed by atoms with E-state index < -0.39 is 0 Å². The van der Waals surface area contributed by atoms with Crippen LogP contribution < -0.4 is 5.32 Å². The summed E-state index contributed by atoms with van der Waals surface area (Å²) in [6.45, 7) is 4.29. The molecule has 1 amide bonds. The van der Waals surface area contributed by atoms with Crippen LogP contribution in [0, 0.1) is 6.92 Å². The van der Waals surface area contributed by atoms with Gasteiger partial charge in [0.1, 0.15) is 0 Å². The first-order valence-corrected chi connectivity index (χ1v) is 9.62. The number of pyridine rings is 1. The summed E-state index contributed by atoms with van der Waals surface area (Å²) in [7, 11) is 0. The fourth-order valence-electron chi connectivity index (χ4n) is 3.51. The molecule has 6 nitrogen and oxygen atoms in total. The van der Waals surface area contributed by atoms with Crippen LogP contribution in [0.15, 0.2) is 59.4 Å². The number of oxazole rings is 1. The predicted octanol–water partition coefficient (Wildman–Crippen LogP) is 3.99. The highest BCUT2D eigenvalue weighted by Crippen LogP contribution is 2.24. The molecule has 1 N–H and O–H groups in total. The molecule has 0 saturated carbocycles. The number of hydrogen-bond donors (Lipinski definition) is 1. The topological polar surface area (TPSA) is 71.3 Å². The third kappa shape index (κ3) is 5.59. The molecule has 3 aromatic rings. The summed E-state index contributed by atoms with van der Waals surface area (Å²) in [5.41, 5.74) is 3.25. The molecule has 2 aromatic heterocycles. The van der Waals surface area contributed by atoms with Gasteiger partial charge in [-0.2, -0.15) is 0 Å². The molecule has 1 unspecified atom stereocenters. The summed E-state index contributed by atoms with van der Waals surface area (Å²) < 4.78 is 5.85. The van der Waals surface area contributed by atoms with Crippen LogP contribution in [0.3, 0.4) is 0 Å². The monoisotopic (exact) mass is 448 g/mol. The van der Waals surface area contributed by atoms with Gasteiger partial charge in [0.25, 0.3) is 0 Å². The van der Waals surface area contributed by atoms with Gasteiger partial charge < -0.3 is 14.6 Å². The van der Waals surface area contributed by atoms with Crippen molar-refractivity contribution in [3.8, 4) is 11.3 Å². The van der Waals surface area contributed by atoms with E-state index in [4.69, 9.17) is 4.42 Å². The van der Waals surface area contributed by atoms with Gasteiger partial charge in [0.2, 0.25) is 5.91 Å². The molecule has 4 rings (SSSR count). The molecule has 3 heterocycles. The lowest BCUT2D eigenvalue weighted by molar-refractivity contribution is -0.134. The Morgan fingerprint density at radius 1 is 1.20 bits per heavy atom. The van der Waals surface area contributed by atoms with E-state index in [1.807, 2.05) is 47.5 Å². The zero-order chi connectivity index (χ0) is 19.3. The molecule has 8 heteroatoms. The van der Waals surface area contributed by atoms with Crippen molar-refractivity contribution in [2.45, 2.75) is 25.8 Å². The third-order valence-corrected chi connectivity index (χ3v) is 5.08. The number of rotatable bonds is 5. The smallest absolute Gasteiger partial charge is 0.223 e. The lowest BCUT2D eigenvalue weighted by atomic mass is 10.0. The molecule has 0 radical (unpaired) electrons. The van der Waals surface area contributed by atoms with E-state index >= 15 is 0 Å². The Morgan fingerprint density at radius 3 is 2.73 bits per heavy atom. The molecule has 1 atom stereocenters. The lowest BCUT2D eigenvalue weighted by Crippen LogP contribution is -2.48. The Labute approximate surface area is 188 Å². The highest BCUT2D eigenvalue weighted by Gasteiger charge is 2.27. The van der Waals surface area contributed by atoms with Gasteiger partial charge in [0.15, 0.2) is 11.7 Å². The minimum atomic E-state index is 0. The van der Waals surface area contributed by atoms with Crippen molar-refractivity contribution < 1.29 is 9.21 Å². The van der Waals surface area contributed by atoms with E-state index in [1.165, 1.54) is 5.56 Å². The van der Waals surface area contributed by atoms with Gasteiger partial charge in [0, 0.05) is 50.4 Å². The quantitative estimate of drug-likeness (QED) is 0.638. The summed E-state index contributed by atoms with van der Waals surface area (Å²) in [6, 6.07) is 12.1. The van der Waals surface area contributed by atoms with E-state index in [9.17, 15) is 4.79 Å². The molecule has 1 saturated heterocycles. The van der Waals surface area contributed by atoms with Crippen LogP contribution in [-0.2, 0) is 11.2 Å². The van der Waals surface area contributed by atoms with Crippen molar-refractivity contribution in [1.29, 1.82) is 0 Å². The average molecular weight is 449 g/mol. The second-order valence-corrected chi connectivity index (χ2v) is 7.08. The molecule has 1 fully saturated rings. The number of halogens is 2. The number of aromatic nitrogens is 2. The van der Waals surface area contributed by atoms with Gasteiger partial charge in [0.05, 0.1) is 12.2 Å². The minimum Gasteiger partial charge on any atom is -0.441 e. The maximum absolute atomic E-state index is 12.9. The normalized spacial score (nSPS) is 15.8. The molecule has 30 heavy (non-hydrogen) atoms. The fraction of sp³-hybridized carbons (Fsp3) is 0.318. The maximum atomic E-state index is 12.9. The Hall–Kier alpha value is -2.41. The standard InChI is InChI=1S/C22H24N4O2.2ClH/c1-16-4-6-17(7-5-16)20-15-25-21(28-20)8-9-22(27)26-12-11-24-14-19(26)18-3-2-10-23-13-18;;/h2-7,10,13,15,19,24H,8-9,11-12,14H2,1H3;2*1H. The molecule has 1 aliphatic heterocycles. The van der Waals surface area contributed by atoms with Gasteiger partial charge in [-0.3, -0.25) is 9.78 Å². The van der Waals surface area contributed by atoms with E-state index in [0.29, 0.717) is 25.3 Å². The van der Waals surface area contributed by atoms with Gasteiger partial charge >= 0.3 is 0 Å². The number of benzene rings is 1. The number of nitrogens with zero attached hydrogens (tertiary/aromatic N) is 3. The first kappa shape index (κ1) is 23.9. The number of amides is 1. The Morgan fingerprint density at radius 2 is 2.00 bits per heavy atom. The molecule has 0 aliphatic carbocycles. The summed E-state index contributed by atoms with van der Waals surface area (Å²) >= 11 is 0. The van der Waals surface area contributed by atoms with Gasteiger partial charge in [-0.15, -0.1) is 24.8 Å². The first-order chi connectivity index (χ1) is 13.7. The fourth-order valence-corrected chi connectivity index (χ4v) is 3.51. The van der Waals surface area contributed by atoms with E-state index in [0.717, 1.165) is 30.0 Å². The number of aryl methyl sites for hydroxylation is 2. The van der Waals surface area contributed by atoms with E-state index in [2.05, 4.69) is 22.2 Å². The zero-order valence-electron chi connectivity index (χ0n) is 16.8. The summed E-state index contributed by atoms with van der Waals surface area (Å²) in [6.07, 6.45) is 6.19. The summed E-state index contributed by atoms with van der Waals surface area (Å²) in [5.74, 6) is 1.44. The second kappa shape index (κ2) is 11.1. The van der Waals surface area contributed by atoms with Crippen molar-refractivity contribution >= 4 is 30.7 Å². The number of hydrogen-bond acceptors (Lipinski definition) is 5. The summed E-state index contributed by atoms with van der Waals surface area (Å²) in [5, 5.41) is 3.36. The first-order valence-electron chi connectivity index (χ1n) is 9.62. The number of carbonyl (C=O) groups is 1. The van der Waals surface area contributed by atoms with Crippen LogP contribution in [0.2, 0.25) is 0 Å². The second-order valence-electron chi connectivity index (χ2n) is 7.08. The third-order valence-electron chi connectivity index (χ3n) is 5.08. The van der Waals surface area contributed by atoms with Crippen molar-refractivity contribution in [3.63, 3.8) is 0 Å². The number of carbonyl (C=O) groups excluding carboxylic acids is 1. The predicted molar refractivity (Wildman–Crippen MR) is 121 cm³/mol. The molecular formula is C22H26Cl2N4O2. The van der Waals surface area contributed by atoms with Crippen molar-refractivity contribution in [2.24, 2.45) is 0 Å². The summed E-state index contributed by atoms with van der Waals surface area (Å²) in [4.78, 5) is 23.4. The molecule has 0 spiro atoms. The van der Waals surface area contributed by atoms with Crippen molar-refractivity contribution in [3.05, 3.63) is 72.0 Å². The van der Waals surface area contributed by atoms with Crippen LogP contribution in [0.25, 0.3) is 11.3 Å². The van der Waals surface area contributed by atoms with Crippen molar-refractivity contribution in [2.75, 3.05) is 19.6 Å². The minimum absolute atomic E-state index is 0. The van der Waals surface area contributed by atoms with Gasteiger partial charge in [-0.1, -0.05) is 35.9 Å². The van der Waals surface area contributed by atoms with Crippen molar-refractivity contribution in [1.82, 2.24) is 20.2 Å². The van der Waals surface area contributed by atoms with E-state index in [1.54, 1.807) is 12.4 Å². The Bertz CT molecular complexity index is 932. The Kier molecular flexibility index (Phi) is 8.84. The highest BCUT2D eigenvalue weighted by molar-refractivity contribution is 5.85. The van der Waals surface area contributed by atoms with Gasteiger partial charge in [-0.25, -0.2) is 4.98 Å². The average Bonchev–Trinajstić information content (AvgIpc) is 3.22. The van der Waals surface area contributed by atoms with Crippen LogP contribution in [-0.4, -0.2) is 40.4 Å². The molecular weight excluding hydrogens is 423 g/mol. The number of nitrogens with one attached hydrogen (secondary N) is 1. The van der Waals surface area contributed by atoms with Crippen LogP contribution in [0.5, 0.6) is 0 Å². The SMILES string of the molecule is Cc1ccc(-c2cnc(CCC(=O)N3CCNCC3c3cccnc3)o2)cc1.Cl.Cl. The van der Waals surface area contributed by atoms with E-state index in [-0.39, 0.29) is 36.8 Å². The molecule has 0 bridgehead atoms. The Balaban J connectivity index is 0.00000160. The zero-order valence-corrected chi connectivity index (χ0v) is 18.4. The molecule has 1 aliphatic rings. The maximum Gasteiger partial charge on any atom is 0.223 e. The van der Waals surface area contributed by atoms with Gasteiger partial charge in [-0.05, 0) is 18.6 Å². The van der Waals surface area contributed by atoms with Crippen LogP contribution >= 0.6 is 24.8 Å². The highest BCUT2D eigenvalue weighted by atomic mass is 35.5. The lowest BCUT2D eigenvalue weighted by Gasteiger charge is -2.36.